The van der Waals surface area contributed by atoms with Crippen LogP contribution in [0.5, 0.6) is 0 Å². The molecular formula is C11H8ClN3S. The monoisotopic (exact) mass is 249 g/mol. The van der Waals surface area contributed by atoms with Crippen molar-refractivity contribution < 1.29 is 0 Å². The fourth-order valence-corrected chi connectivity index (χ4v) is 2.14. The quantitative estimate of drug-likeness (QED) is 0.883. The van der Waals surface area contributed by atoms with E-state index in [-0.39, 0.29) is 0 Å². The summed E-state index contributed by atoms with van der Waals surface area (Å²) >= 11 is 7.55. The Labute approximate surface area is 102 Å². The van der Waals surface area contributed by atoms with Crippen molar-refractivity contribution in [2.24, 2.45) is 0 Å². The highest BCUT2D eigenvalue weighted by atomic mass is 35.5. The average Bonchev–Trinajstić information content (AvgIpc) is 2.67. The predicted octanol–water partition coefficient (Wildman–Crippen LogP) is 3.72. The maximum absolute atomic E-state index is 8.71. The summed E-state index contributed by atoms with van der Waals surface area (Å²) in [5.41, 5.74) is 2.28. The van der Waals surface area contributed by atoms with Crippen molar-refractivity contribution in [1.29, 1.82) is 5.26 Å². The zero-order chi connectivity index (χ0) is 11.5. The van der Waals surface area contributed by atoms with Gasteiger partial charge in [0.2, 0.25) is 0 Å². The van der Waals surface area contributed by atoms with Crippen molar-refractivity contribution in [3.8, 4) is 6.07 Å². The maximum Gasteiger partial charge on any atom is 0.187 e. The molecule has 0 aliphatic rings. The third kappa shape index (κ3) is 2.32. The molecule has 0 saturated carbocycles. The zero-order valence-corrected chi connectivity index (χ0v) is 10.1. The van der Waals surface area contributed by atoms with Gasteiger partial charge in [0.25, 0.3) is 0 Å². The van der Waals surface area contributed by atoms with E-state index in [2.05, 4.69) is 10.3 Å². The number of nitriles is 1. The Morgan fingerprint density at radius 1 is 1.50 bits per heavy atom. The fraction of sp³-hybridized carbons (Fsp3) is 0.0909. The number of nitrogens with one attached hydrogen (secondary N) is 1. The molecule has 0 bridgehead atoms. The van der Waals surface area contributed by atoms with Crippen LogP contribution in [-0.4, -0.2) is 4.98 Å². The van der Waals surface area contributed by atoms with Gasteiger partial charge in [0.1, 0.15) is 0 Å². The summed E-state index contributed by atoms with van der Waals surface area (Å²) in [4.78, 5) is 4.27. The van der Waals surface area contributed by atoms with Crippen LogP contribution in [0.3, 0.4) is 0 Å². The first-order valence-electron chi connectivity index (χ1n) is 4.58. The van der Waals surface area contributed by atoms with Crippen molar-refractivity contribution >= 4 is 33.8 Å². The van der Waals surface area contributed by atoms with Gasteiger partial charge in [-0.25, -0.2) is 4.98 Å². The van der Waals surface area contributed by atoms with Crippen molar-refractivity contribution in [3.05, 3.63) is 39.9 Å². The topological polar surface area (TPSA) is 48.7 Å². The highest BCUT2D eigenvalue weighted by molar-refractivity contribution is 7.13. The largest absolute Gasteiger partial charge is 0.330 e. The molecule has 3 nitrogen and oxygen atoms in total. The molecule has 2 aromatic rings. The van der Waals surface area contributed by atoms with Gasteiger partial charge in [-0.2, -0.15) is 5.26 Å². The second kappa shape index (κ2) is 4.52. The van der Waals surface area contributed by atoms with Crippen molar-refractivity contribution in [1.82, 2.24) is 4.98 Å². The molecule has 16 heavy (non-hydrogen) atoms. The molecule has 0 saturated heterocycles. The third-order valence-corrected chi connectivity index (χ3v) is 3.15. The molecule has 0 radical (unpaired) electrons. The molecule has 1 heterocycles. The highest BCUT2D eigenvalue weighted by Gasteiger charge is 2.04. The summed E-state index contributed by atoms with van der Waals surface area (Å²) in [5, 5.41) is 15.1. The molecule has 0 fully saturated rings. The standard InChI is InChI=1S/C11H8ClN3S/c1-7-6-16-11(14-7)15-10-3-2-8(5-13)4-9(10)12/h2-4,6H,1H3,(H,14,15). The normalized spacial score (nSPS) is 9.81. The second-order valence-corrected chi connectivity index (χ2v) is 4.49. The van der Waals surface area contributed by atoms with Gasteiger partial charge in [0.15, 0.2) is 5.13 Å². The van der Waals surface area contributed by atoms with Gasteiger partial charge in [0, 0.05) is 5.38 Å². The summed E-state index contributed by atoms with van der Waals surface area (Å²) in [5.74, 6) is 0. The van der Waals surface area contributed by atoms with E-state index in [0.717, 1.165) is 16.5 Å². The molecule has 0 unspecified atom stereocenters. The summed E-state index contributed by atoms with van der Waals surface area (Å²) in [7, 11) is 0. The molecule has 0 amide bonds. The molecule has 0 spiro atoms. The Morgan fingerprint density at radius 2 is 2.31 bits per heavy atom. The van der Waals surface area contributed by atoms with Crippen LogP contribution in [0.4, 0.5) is 10.8 Å². The molecule has 80 valence electrons. The molecule has 1 N–H and O–H groups in total. The van der Waals surface area contributed by atoms with Crippen LogP contribution in [0.1, 0.15) is 11.3 Å². The van der Waals surface area contributed by atoms with Crippen LogP contribution >= 0.6 is 22.9 Å². The molecule has 2 rings (SSSR count). The van der Waals surface area contributed by atoms with E-state index >= 15 is 0 Å². The number of thiazole rings is 1. The Bertz CT molecular complexity index is 557. The highest BCUT2D eigenvalue weighted by Crippen LogP contribution is 2.27. The Hall–Kier alpha value is -1.57. The zero-order valence-electron chi connectivity index (χ0n) is 8.49. The van der Waals surface area contributed by atoms with Crippen LogP contribution < -0.4 is 5.32 Å². The first kappa shape index (κ1) is 10.9. The number of halogens is 1. The number of nitrogens with zero attached hydrogens (tertiary/aromatic N) is 2. The first-order valence-corrected chi connectivity index (χ1v) is 5.83. The van der Waals surface area contributed by atoms with Crippen molar-refractivity contribution in [3.63, 3.8) is 0 Å². The third-order valence-electron chi connectivity index (χ3n) is 1.96. The lowest BCUT2D eigenvalue weighted by atomic mass is 10.2. The Morgan fingerprint density at radius 3 is 2.88 bits per heavy atom. The van der Waals surface area contributed by atoms with E-state index in [1.165, 1.54) is 11.3 Å². The molecule has 0 aliphatic heterocycles. The van der Waals surface area contributed by atoms with Gasteiger partial charge >= 0.3 is 0 Å². The van der Waals surface area contributed by atoms with E-state index in [1.807, 2.05) is 18.4 Å². The molecular weight excluding hydrogens is 242 g/mol. The fourth-order valence-electron chi connectivity index (χ4n) is 1.21. The molecule has 5 heteroatoms. The second-order valence-electron chi connectivity index (χ2n) is 3.23. The number of hydrogen-bond acceptors (Lipinski definition) is 4. The van der Waals surface area contributed by atoms with Crippen LogP contribution in [0.15, 0.2) is 23.6 Å². The molecule has 0 atom stereocenters. The summed E-state index contributed by atoms with van der Waals surface area (Å²) < 4.78 is 0. The van der Waals surface area contributed by atoms with E-state index in [4.69, 9.17) is 16.9 Å². The van der Waals surface area contributed by atoms with Crippen LogP contribution in [0.2, 0.25) is 5.02 Å². The van der Waals surface area contributed by atoms with Crippen molar-refractivity contribution in [2.45, 2.75) is 6.92 Å². The lowest BCUT2D eigenvalue weighted by molar-refractivity contribution is 1.26. The minimum Gasteiger partial charge on any atom is -0.330 e. The molecule has 1 aromatic carbocycles. The average molecular weight is 250 g/mol. The number of benzene rings is 1. The van der Waals surface area contributed by atoms with Gasteiger partial charge < -0.3 is 5.32 Å². The van der Waals surface area contributed by atoms with Gasteiger partial charge in [-0.05, 0) is 25.1 Å². The smallest absolute Gasteiger partial charge is 0.187 e. The number of anilines is 2. The van der Waals surface area contributed by atoms with Crippen LogP contribution in [0, 0.1) is 18.3 Å². The number of aryl methyl sites for hydroxylation is 1. The predicted molar refractivity (Wildman–Crippen MR) is 66.3 cm³/mol. The SMILES string of the molecule is Cc1csc(Nc2ccc(C#N)cc2Cl)n1. The van der Waals surface area contributed by atoms with Gasteiger partial charge in [-0.3, -0.25) is 0 Å². The van der Waals surface area contributed by atoms with Crippen molar-refractivity contribution in [2.75, 3.05) is 5.32 Å². The van der Waals surface area contributed by atoms with E-state index < -0.39 is 0 Å². The van der Waals surface area contributed by atoms with E-state index in [0.29, 0.717) is 10.6 Å². The Balaban J connectivity index is 2.26. The summed E-state index contributed by atoms with van der Waals surface area (Å²) in [6, 6.07) is 7.16. The van der Waals surface area contributed by atoms with E-state index in [1.54, 1.807) is 18.2 Å². The maximum atomic E-state index is 8.71. The lowest BCUT2D eigenvalue weighted by Gasteiger charge is -2.04. The summed E-state index contributed by atoms with van der Waals surface area (Å²) in [6.45, 7) is 1.93. The van der Waals surface area contributed by atoms with E-state index in [9.17, 15) is 0 Å². The van der Waals surface area contributed by atoms with Gasteiger partial charge in [-0.1, -0.05) is 11.6 Å². The number of aromatic nitrogens is 1. The summed E-state index contributed by atoms with van der Waals surface area (Å²) in [6.07, 6.45) is 0. The minimum absolute atomic E-state index is 0.520. The van der Waals surface area contributed by atoms with Gasteiger partial charge in [0.05, 0.1) is 28.0 Å². The van der Waals surface area contributed by atoms with Crippen LogP contribution in [-0.2, 0) is 0 Å². The molecule has 0 aliphatic carbocycles. The minimum atomic E-state index is 0.520. The van der Waals surface area contributed by atoms with Crippen LogP contribution in [0.25, 0.3) is 0 Å². The Kier molecular flexibility index (Phi) is 3.09. The number of hydrogen-bond donors (Lipinski definition) is 1. The first-order chi connectivity index (χ1) is 7.69. The number of rotatable bonds is 2. The molecule has 1 aromatic heterocycles. The van der Waals surface area contributed by atoms with Gasteiger partial charge in [-0.15, -0.1) is 11.3 Å². The lowest BCUT2D eigenvalue weighted by Crippen LogP contribution is -1.91.